The third-order valence-corrected chi connectivity index (χ3v) is 2.51. The fourth-order valence-electron chi connectivity index (χ4n) is 0.633. The summed E-state index contributed by atoms with van der Waals surface area (Å²) in [5.74, 6) is 2.26. The van der Waals surface area contributed by atoms with Crippen LogP contribution in [-0.4, -0.2) is 17.7 Å². The van der Waals surface area contributed by atoms with E-state index in [1.807, 2.05) is 11.8 Å². The Morgan fingerprint density at radius 1 is 1.88 bits per heavy atom. The smallest absolute Gasteiger partial charge is 0.0423 e. The first-order valence-electron chi connectivity index (χ1n) is 2.56. The van der Waals surface area contributed by atoms with Crippen LogP contribution in [0, 0.1) is 0 Å². The summed E-state index contributed by atoms with van der Waals surface area (Å²) < 4.78 is 0. The van der Waals surface area contributed by atoms with Gasteiger partial charge in [-0.15, -0.1) is 21.0 Å². The molecule has 1 N–H and O–H groups in total. The van der Waals surface area contributed by atoms with Crippen molar-refractivity contribution in [1.29, 1.82) is 0 Å². The van der Waals surface area contributed by atoms with Gasteiger partial charge in [-0.2, -0.15) is 0 Å². The molecule has 1 nitrogen and oxygen atoms in total. The highest BCUT2D eigenvalue weighted by molar-refractivity contribution is 7.99. The molecule has 3 heteroatoms. The summed E-state index contributed by atoms with van der Waals surface area (Å²) >= 11 is 1.93. The number of nitrogens with one attached hydrogen (secondary N) is 1. The first-order valence-corrected chi connectivity index (χ1v) is 4.29. The summed E-state index contributed by atoms with van der Waals surface area (Å²) in [7, 11) is 2.63. The molecule has 0 aromatic rings. The summed E-state index contributed by atoms with van der Waals surface area (Å²) in [6, 6.07) is 0.546. The van der Waals surface area contributed by atoms with Crippen LogP contribution in [0.1, 0.15) is 0 Å². The van der Waals surface area contributed by atoms with Crippen molar-refractivity contribution in [3.05, 3.63) is 11.9 Å². The van der Waals surface area contributed by atoms with E-state index in [1.165, 1.54) is 11.1 Å². The van der Waals surface area contributed by atoms with Crippen molar-refractivity contribution in [2.45, 2.75) is 6.04 Å². The van der Waals surface area contributed by atoms with Crippen LogP contribution in [0.2, 0.25) is 0 Å². The molecule has 1 saturated heterocycles. The zero-order valence-electron chi connectivity index (χ0n) is 4.68. The second-order valence-corrected chi connectivity index (χ2v) is 3.62. The molecule has 2 atom stereocenters. The lowest BCUT2D eigenvalue weighted by molar-refractivity contribution is 0.746. The van der Waals surface area contributed by atoms with E-state index >= 15 is 0 Å². The standard InChI is InChI=1S/C5H10NPS/c1-4(7)5-2-8-3-6-5/h5-6H,1-3,7H2/t5-/m0/s1. The summed E-state index contributed by atoms with van der Waals surface area (Å²) in [6.07, 6.45) is 0. The van der Waals surface area contributed by atoms with Crippen LogP contribution in [-0.2, 0) is 0 Å². The summed E-state index contributed by atoms with van der Waals surface area (Å²) in [6.45, 7) is 3.82. The molecule has 0 amide bonds. The fourth-order valence-corrected chi connectivity index (χ4v) is 2.04. The lowest BCUT2D eigenvalue weighted by Crippen LogP contribution is -2.22. The largest absolute Gasteiger partial charge is 0.300 e. The van der Waals surface area contributed by atoms with Gasteiger partial charge in [0.05, 0.1) is 0 Å². The zero-order chi connectivity index (χ0) is 5.98. The molecular weight excluding hydrogens is 137 g/mol. The number of hydrogen-bond acceptors (Lipinski definition) is 2. The maximum absolute atomic E-state index is 3.82. The van der Waals surface area contributed by atoms with E-state index in [9.17, 15) is 0 Å². The van der Waals surface area contributed by atoms with Gasteiger partial charge in [0.15, 0.2) is 0 Å². The minimum absolute atomic E-state index is 0.546. The lowest BCUT2D eigenvalue weighted by atomic mass is 10.3. The second-order valence-electron chi connectivity index (χ2n) is 1.85. The molecule has 1 aliphatic rings. The van der Waals surface area contributed by atoms with E-state index in [1.54, 1.807) is 0 Å². The van der Waals surface area contributed by atoms with Crippen molar-refractivity contribution >= 4 is 21.0 Å². The molecule has 1 fully saturated rings. The Hall–Kier alpha value is 0.480. The van der Waals surface area contributed by atoms with E-state index in [0.29, 0.717) is 6.04 Å². The quantitative estimate of drug-likeness (QED) is 0.556. The SMILES string of the molecule is C=C(P)[C@@H]1CSCN1. The highest BCUT2D eigenvalue weighted by atomic mass is 32.2. The average molecular weight is 147 g/mol. The Balaban J connectivity index is 2.35. The Morgan fingerprint density at radius 3 is 2.88 bits per heavy atom. The Bertz CT molecular complexity index is 98.6. The van der Waals surface area contributed by atoms with Crippen LogP contribution >= 0.6 is 21.0 Å². The van der Waals surface area contributed by atoms with Gasteiger partial charge in [0.25, 0.3) is 0 Å². The normalized spacial score (nSPS) is 28.4. The molecule has 0 radical (unpaired) electrons. The number of rotatable bonds is 1. The van der Waals surface area contributed by atoms with Crippen molar-refractivity contribution in [2.75, 3.05) is 11.6 Å². The molecular formula is C5H10NPS. The Kier molecular flexibility index (Phi) is 2.36. The van der Waals surface area contributed by atoms with Gasteiger partial charge in [0.1, 0.15) is 0 Å². The Labute approximate surface area is 56.5 Å². The van der Waals surface area contributed by atoms with Gasteiger partial charge in [0.2, 0.25) is 0 Å². The first kappa shape index (κ1) is 6.60. The van der Waals surface area contributed by atoms with Crippen molar-refractivity contribution in [2.24, 2.45) is 0 Å². The minimum Gasteiger partial charge on any atom is -0.300 e. The van der Waals surface area contributed by atoms with E-state index in [0.717, 1.165) is 5.88 Å². The first-order chi connectivity index (χ1) is 3.80. The van der Waals surface area contributed by atoms with Gasteiger partial charge in [-0.3, -0.25) is 0 Å². The van der Waals surface area contributed by atoms with Crippen LogP contribution in [0.25, 0.3) is 0 Å². The van der Waals surface area contributed by atoms with Crippen LogP contribution in [0.5, 0.6) is 0 Å². The third kappa shape index (κ3) is 1.48. The topological polar surface area (TPSA) is 12.0 Å². The van der Waals surface area contributed by atoms with E-state index in [2.05, 4.69) is 21.1 Å². The fraction of sp³-hybridized carbons (Fsp3) is 0.600. The van der Waals surface area contributed by atoms with Crippen molar-refractivity contribution < 1.29 is 0 Å². The van der Waals surface area contributed by atoms with E-state index in [4.69, 9.17) is 0 Å². The van der Waals surface area contributed by atoms with Crippen LogP contribution in [0.4, 0.5) is 0 Å². The third-order valence-electron chi connectivity index (χ3n) is 1.16. The number of hydrogen-bond donors (Lipinski definition) is 1. The van der Waals surface area contributed by atoms with Gasteiger partial charge >= 0.3 is 0 Å². The van der Waals surface area contributed by atoms with Gasteiger partial charge in [-0.05, 0) is 5.31 Å². The van der Waals surface area contributed by atoms with Crippen molar-refractivity contribution in [3.63, 3.8) is 0 Å². The molecule has 0 aromatic carbocycles. The summed E-state index contributed by atoms with van der Waals surface area (Å²) in [5.41, 5.74) is 0. The van der Waals surface area contributed by atoms with Gasteiger partial charge < -0.3 is 5.32 Å². The zero-order valence-corrected chi connectivity index (χ0v) is 6.66. The Morgan fingerprint density at radius 2 is 2.62 bits per heavy atom. The highest BCUT2D eigenvalue weighted by Crippen LogP contribution is 2.18. The molecule has 1 unspecified atom stereocenters. The predicted molar refractivity (Wildman–Crippen MR) is 43.1 cm³/mol. The van der Waals surface area contributed by atoms with E-state index in [-0.39, 0.29) is 0 Å². The molecule has 46 valence electrons. The maximum Gasteiger partial charge on any atom is 0.0423 e. The second kappa shape index (κ2) is 2.86. The van der Waals surface area contributed by atoms with Gasteiger partial charge in [-0.25, -0.2) is 0 Å². The average Bonchev–Trinajstić information content (AvgIpc) is 2.12. The molecule has 0 saturated carbocycles. The highest BCUT2D eigenvalue weighted by Gasteiger charge is 2.13. The molecule has 0 spiro atoms. The molecule has 0 aromatic heterocycles. The summed E-state index contributed by atoms with van der Waals surface area (Å²) in [5, 5.41) is 4.47. The maximum atomic E-state index is 3.82. The molecule has 0 bridgehead atoms. The van der Waals surface area contributed by atoms with Crippen molar-refractivity contribution in [3.8, 4) is 0 Å². The minimum atomic E-state index is 0.546. The van der Waals surface area contributed by atoms with Crippen LogP contribution in [0.15, 0.2) is 11.9 Å². The molecule has 1 heterocycles. The monoisotopic (exact) mass is 147 g/mol. The van der Waals surface area contributed by atoms with Crippen LogP contribution in [0.3, 0.4) is 0 Å². The van der Waals surface area contributed by atoms with Gasteiger partial charge in [-0.1, -0.05) is 6.58 Å². The molecule has 8 heavy (non-hydrogen) atoms. The lowest BCUT2D eigenvalue weighted by Gasteiger charge is -2.05. The van der Waals surface area contributed by atoms with Gasteiger partial charge in [0, 0.05) is 17.7 Å². The molecule has 1 rings (SSSR count). The van der Waals surface area contributed by atoms with E-state index < -0.39 is 0 Å². The van der Waals surface area contributed by atoms with Crippen LogP contribution < -0.4 is 5.32 Å². The van der Waals surface area contributed by atoms with Crippen molar-refractivity contribution in [1.82, 2.24) is 5.32 Å². The predicted octanol–water partition coefficient (Wildman–Crippen LogP) is 1.04. The number of thioether (sulfide) groups is 1. The molecule has 0 aliphatic carbocycles. The summed E-state index contributed by atoms with van der Waals surface area (Å²) in [4.78, 5) is 0. The molecule has 1 aliphatic heterocycles.